The Bertz CT molecular complexity index is 1220. The van der Waals surface area contributed by atoms with E-state index in [2.05, 4.69) is 5.32 Å². The summed E-state index contributed by atoms with van der Waals surface area (Å²) >= 11 is 6.02. The molecule has 2 aromatic carbocycles. The minimum atomic E-state index is -0.409. The molecular weight excluding hydrogens is 418 g/mol. The average molecular weight is 440 g/mol. The number of halogens is 1. The van der Waals surface area contributed by atoms with Crippen LogP contribution in [0.1, 0.15) is 15.9 Å². The quantitative estimate of drug-likeness (QED) is 0.677. The fourth-order valence-electron chi connectivity index (χ4n) is 3.67. The van der Waals surface area contributed by atoms with Crippen LogP contribution >= 0.6 is 11.6 Å². The van der Waals surface area contributed by atoms with Crippen LogP contribution in [-0.4, -0.2) is 47.6 Å². The van der Waals surface area contributed by atoms with Gasteiger partial charge < -0.3 is 15.0 Å². The third-order valence-electron chi connectivity index (χ3n) is 5.32. The Morgan fingerprint density at radius 2 is 1.84 bits per heavy atom. The van der Waals surface area contributed by atoms with Crippen molar-refractivity contribution < 1.29 is 14.3 Å². The summed E-state index contributed by atoms with van der Waals surface area (Å²) in [6, 6.07) is 13.7. The zero-order chi connectivity index (χ0) is 22.0. The lowest BCUT2D eigenvalue weighted by Gasteiger charge is -2.27. The van der Waals surface area contributed by atoms with Gasteiger partial charge in [-0.05, 0) is 30.7 Å². The number of pyridine rings is 1. The van der Waals surface area contributed by atoms with Crippen LogP contribution in [0.4, 0.5) is 5.69 Å². The van der Waals surface area contributed by atoms with Crippen LogP contribution in [-0.2, 0) is 16.1 Å². The molecule has 3 aromatic rings. The van der Waals surface area contributed by atoms with Crippen LogP contribution in [0.25, 0.3) is 10.9 Å². The number of nitrogens with zero attached hydrogens (tertiary/aromatic N) is 2. The molecule has 31 heavy (non-hydrogen) atoms. The summed E-state index contributed by atoms with van der Waals surface area (Å²) in [5.41, 5.74) is 1.91. The number of aryl methyl sites for hydroxylation is 1. The smallest absolute Gasteiger partial charge is 0.254 e. The number of hydrogen-bond donors (Lipinski definition) is 1. The molecule has 0 radical (unpaired) electrons. The number of carbonyl (C=O) groups is 2. The Morgan fingerprint density at radius 3 is 2.61 bits per heavy atom. The molecule has 160 valence electrons. The van der Waals surface area contributed by atoms with Crippen molar-refractivity contribution in [1.29, 1.82) is 0 Å². The zero-order valence-electron chi connectivity index (χ0n) is 17.1. The topological polar surface area (TPSA) is 80.6 Å². The number of anilines is 1. The molecule has 1 aromatic heterocycles. The molecule has 1 N–H and O–H groups in total. The molecule has 1 aliphatic rings. The molecule has 7 nitrogen and oxygen atoms in total. The number of morpholine rings is 1. The van der Waals surface area contributed by atoms with Gasteiger partial charge in [-0.15, -0.1) is 0 Å². The molecule has 0 spiro atoms. The van der Waals surface area contributed by atoms with Gasteiger partial charge in [0.1, 0.15) is 6.54 Å². The molecule has 0 unspecified atom stereocenters. The van der Waals surface area contributed by atoms with E-state index in [0.29, 0.717) is 53.5 Å². The van der Waals surface area contributed by atoms with Gasteiger partial charge in [0.25, 0.3) is 11.5 Å². The maximum Gasteiger partial charge on any atom is 0.254 e. The molecular formula is C23H22ClN3O4. The summed E-state index contributed by atoms with van der Waals surface area (Å²) in [5, 5.41) is 3.95. The normalized spacial score (nSPS) is 13.9. The first kappa shape index (κ1) is 21.1. The zero-order valence-corrected chi connectivity index (χ0v) is 17.8. The van der Waals surface area contributed by atoms with Gasteiger partial charge in [-0.3, -0.25) is 19.0 Å². The van der Waals surface area contributed by atoms with Crippen LogP contribution in [0.15, 0.2) is 53.3 Å². The number of hydrogen-bond acceptors (Lipinski definition) is 4. The number of aromatic nitrogens is 1. The number of para-hydroxylation sites is 1. The number of rotatable bonds is 4. The molecule has 0 aliphatic carbocycles. The van der Waals surface area contributed by atoms with Gasteiger partial charge >= 0.3 is 0 Å². The highest BCUT2D eigenvalue weighted by molar-refractivity contribution is 6.31. The first-order chi connectivity index (χ1) is 14.9. The predicted molar refractivity (Wildman–Crippen MR) is 120 cm³/mol. The Morgan fingerprint density at radius 1 is 1.10 bits per heavy atom. The molecule has 2 amide bonds. The minimum absolute atomic E-state index is 0.183. The van der Waals surface area contributed by atoms with Gasteiger partial charge in [-0.2, -0.15) is 0 Å². The second-order valence-corrected chi connectivity index (χ2v) is 7.85. The van der Waals surface area contributed by atoms with Gasteiger partial charge in [0, 0.05) is 35.3 Å². The first-order valence-corrected chi connectivity index (χ1v) is 10.4. The van der Waals surface area contributed by atoms with E-state index in [4.69, 9.17) is 16.3 Å². The Kier molecular flexibility index (Phi) is 6.06. The van der Waals surface area contributed by atoms with Crippen LogP contribution in [0.5, 0.6) is 0 Å². The molecule has 2 heterocycles. The number of nitrogens with one attached hydrogen (secondary N) is 1. The van der Waals surface area contributed by atoms with E-state index in [1.54, 1.807) is 35.2 Å². The summed E-state index contributed by atoms with van der Waals surface area (Å²) in [6.07, 6.45) is 0. The van der Waals surface area contributed by atoms with Crippen molar-refractivity contribution in [3.05, 3.63) is 75.0 Å². The van der Waals surface area contributed by atoms with E-state index in [1.807, 2.05) is 19.1 Å². The number of benzene rings is 2. The molecule has 0 atom stereocenters. The largest absolute Gasteiger partial charge is 0.378 e. The Labute approximate surface area is 184 Å². The Balaban J connectivity index is 1.67. The molecule has 0 saturated carbocycles. The second-order valence-electron chi connectivity index (χ2n) is 7.41. The van der Waals surface area contributed by atoms with Crippen LogP contribution in [0, 0.1) is 6.92 Å². The Hall–Kier alpha value is -3.16. The van der Waals surface area contributed by atoms with Gasteiger partial charge in [0.2, 0.25) is 5.91 Å². The van der Waals surface area contributed by atoms with E-state index in [1.165, 1.54) is 10.6 Å². The average Bonchev–Trinajstić information content (AvgIpc) is 2.78. The maximum absolute atomic E-state index is 13.0. The summed E-state index contributed by atoms with van der Waals surface area (Å²) in [5.74, 6) is -0.562. The SMILES string of the molecule is Cc1ccc(Cl)cc1NC(=O)Cn1c(=O)cc(C(=O)N2CCOCC2)c2ccccc21. The van der Waals surface area contributed by atoms with Gasteiger partial charge in [0.05, 0.1) is 24.3 Å². The third kappa shape index (κ3) is 4.47. The van der Waals surface area contributed by atoms with Crippen molar-refractivity contribution in [1.82, 2.24) is 9.47 Å². The lowest BCUT2D eigenvalue weighted by molar-refractivity contribution is -0.116. The van der Waals surface area contributed by atoms with Crippen molar-refractivity contribution in [2.75, 3.05) is 31.6 Å². The van der Waals surface area contributed by atoms with Gasteiger partial charge in [-0.25, -0.2) is 0 Å². The number of ether oxygens (including phenoxy) is 1. The summed E-state index contributed by atoms with van der Waals surface area (Å²) in [4.78, 5) is 40.3. The molecule has 1 saturated heterocycles. The molecule has 8 heteroatoms. The standard InChI is InChI=1S/C23H22ClN3O4/c1-15-6-7-16(24)12-19(15)25-21(28)14-27-20-5-3-2-4-17(20)18(13-22(27)29)23(30)26-8-10-31-11-9-26/h2-7,12-13H,8-11,14H2,1H3,(H,25,28). The molecule has 1 fully saturated rings. The summed E-state index contributed by atoms with van der Waals surface area (Å²) < 4.78 is 6.69. The van der Waals surface area contributed by atoms with Crippen LogP contribution < -0.4 is 10.9 Å². The lowest BCUT2D eigenvalue weighted by atomic mass is 10.1. The monoisotopic (exact) mass is 439 g/mol. The van der Waals surface area contributed by atoms with Crippen molar-refractivity contribution in [3.63, 3.8) is 0 Å². The maximum atomic E-state index is 13.0. The summed E-state index contributed by atoms with van der Waals surface area (Å²) in [6.45, 7) is 3.60. The van der Waals surface area contributed by atoms with Crippen molar-refractivity contribution in [2.45, 2.75) is 13.5 Å². The van der Waals surface area contributed by atoms with Crippen molar-refractivity contribution >= 4 is 40.0 Å². The van der Waals surface area contributed by atoms with E-state index in [-0.39, 0.29) is 18.4 Å². The summed E-state index contributed by atoms with van der Waals surface area (Å²) in [7, 11) is 0. The lowest BCUT2D eigenvalue weighted by Crippen LogP contribution is -2.41. The van der Waals surface area contributed by atoms with E-state index in [9.17, 15) is 14.4 Å². The van der Waals surface area contributed by atoms with E-state index >= 15 is 0 Å². The van der Waals surface area contributed by atoms with Gasteiger partial charge in [-0.1, -0.05) is 35.9 Å². The highest BCUT2D eigenvalue weighted by atomic mass is 35.5. The van der Waals surface area contributed by atoms with Gasteiger partial charge in [0.15, 0.2) is 0 Å². The molecule has 4 rings (SSSR count). The predicted octanol–water partition coefficient (Wildman–Crippen LogP) is 3.07. The van der Waals surface area contributed by atoms with E-state index in [0.717, 1.165) is 5.56 Å². The number of carbonyl (C=O) groups excluding carboxylic acids is 2. The minimum Gasteiger partial charge on any atom is -0.378 e. The highest BCUT2D eigenvalue weighted by Crippen LogP contribution is 2.21. The van der Waals surface area contributed by atoms with Crippen molar-refractivity contribution in [3.8, 4) is 0 Å². The van der Waals surface area contributed by atoms with Crippen LogP contribution in [0.3, 0.4) is 0 Å². The molecule has 0 bridgehead atoms. The highest BCUT2D eigenvalue weighted by Gasteiger charge is 2.22. The fraction of sp³-hybridized carbons (Fsp3) is 0.261. The number of amides is 2. The second kappa shape index (κ2) is 8.91. The number of fused-ring (bicyclic) bond motifs is 1. The van der Waals surface area contributed by atoms with E-state index < -0.39 is 5.56 Å². The fourth-order valence-corrected chi connectivity index (χ4v) is 3.85. The molecule has 1 aliphatic heterocycles. The first-order valence-electron chi connectivity index (χ1n) is 9.99. The van der Waals surface area contributed by atoms with Crippen LogP contribution in [0.2, 0.25) is 5.02 Å². The van der Waals surface area contributed by atoms with Crippen molar-refractivity contribution in [2.24, 2.45) is 0 Å². The third-order valence-corrected chi connectivity index (χ3v) is 5.56.